The predicted molar refractivity (Wildman–Crippen MR) is 84.2 cm³/mol. The van der Waals surface area contributed by atoms with Crippen LogP contribution in [0.5, 0.6) is 5.75 Å². The molecule has 0 aliphatic carbocycles. The molecule has 0 radical (unpaired) electrons. The fraction of sp³-hybridized carbons (Fsp3) is 0.500. The Morgan fingerprint density at radius 3 is 2.84 bits per heavy atom. The molecular formula is C16H22BrNO. The molecule has 1 aromatic carbocycles. The maximum absolute atomic E-state index is 5.67. The number of benzene rings is 1. The molecule has 0 atom stereocenters. The van der Waals surface area contributed by atoms with E-state index >= 15 is 0 Å². The summed E-state index contributed by atoms with van der Waals surface area (Å²) in [5.41, 5.74) is 1.25. The molecule has 0 aliphatic heterocycles. The molecule has 2 nitrogen and oxygen atoms in total. The molecule has 19 heavy (non-hydrogen) atoms. The third-order valence-electron chi connectivity index (χ3n) is 2.60. The van der Waals surface area contributed by atoms with Gasteiger partial charge in [0.2, 0.25) is 0 Å². The highest BCUT2D eigenvalue weighted by molar-refractivity contribution is 9.10. The maximum atomic E-state index is 5.67. The molecular weight excluding hydrogens is 302 g/mol. The van der Waals surface area contributed by atoms with Crippen LogP contribution in [-0.4, -0.2) is 13.2 Å². The zero-order valence-electron chi connectivity index (χ0n) is 11.7. The van der Waals surface area contributed by atoms with E-state index in [9.17, 15) is 0 Å². The molecule has 0 saturated carbocycles. The fourth-order valence-electron chi connectivity index (χ4n) is 1.63. The number of terminal acetylenes is 1. The fourth-order valence-corrected chi connectivity index (χ4v) is 2.17. The molecule has 3 heteroatoms. The average molecular weight is 324 g/mol. The van der Waals surface area contributed by atoms with Crippen LogP contribution < -0.4 is 10.1 Å². The van der Waals surface area contributed by atoms with Crippen molar-refractivity contribution in [1.82, 2.24) is 5.32 Å². The van der Waals surface area contributed by atoms with Gasteiger partial charge in [-0.2, -0.15) is 0 Å². The largest absolute Gasteiger partial charge is 0.492 e. The number of nitrogens with one attached hydrogen (secondary N) is 1. The summed E-state index contributed by atoms with van der Waals surface area (Å²) in [6.07, 6.45) is 6.85. The molecule has 0 bridgehead atoms. The topological polar surface area (TPSA) is 21.3 Å². The quantitative estimate of drug-likeness (QED) is 0.577. The summed E-state index contributed by atoms with van der Waals surface area (Å²) in [7, 11) is 0. The number of unbranched alkanes of at least 4 members (excludes halogenated alkanes) is 1. The minimum Gasteiger partial charge on any atom is -0.492 e. The molecule has 1 rings (SSSR count). The van der Waals surface area contributed by atoms with E-state index in [4.69, 9.17) is 11.2 Å². The Morgan fingerprint density at radius 1 is 1.42 bits per heavy atom. The number of halogens is 1. The van der Waals surface area contributed by atoms with Crippen LogP contribution in [-0.2, 0) is 6.54 Å². The Bertz CT molecular complexity index is 423. The summed E-state index contributed by atoms with van der Waals surface area (Å²) in [6.45, 7) is 6.98. The first-order valence-corrected chi connectivity index (χ1v) is 7.48. The number of ether oxygens (including phenoxy) is 1. The zero-order chi connectivity index (χ0) is 14.1. The maximum Gasteiger partial charge on any atom is 0.133 e. The molecule has 0 heterocycles. The third-order valence-corrected chi connectivity index (χ3v) is 3.22. The second kappa shape index (κ2) is 9.01. The molecule has 104 valence electrons. The molecule has 0 saturated heterocycles. The van der Waals surface area contributed by atoms with Crippen molar-refractivity contribution in [2.24, 2.45) is 5.92 Å². The van der Waals surface area contributed by atoms with E-state index in [1.165, 1.54) is 5.56 Å². The number of rotatable bonds is 8. The first kappa shape index (κ1) is 16.1. The van der Waals surface area contributed by atoms with Crippen LogP contribution in [0.2, 0.25) is 0 Å². The van der Waals surface area contributed by atoms with Gasteiger partial charge >= 0.3 is 0 Å². The Hall–Kier alpha value is -0.980. The molecule has 0 aliphatic rings. The highest BCUT2D eigenvalue weighted by Crippen LogP contribution is 2.26. The van der Waals surface area contributed by atoms with Gasteiger partial charge in [-0.15, -0.1) is 12.3 Å². The van der Waals surface area contributed by atoms with Crippen molar-refractivity contribution in [3.63, 3.8) is 0 Å². The van der Waals surface area contributed by atoms with Crippen molar-refractivity contribution in [2.75, 3.05) is 13.2 Å². The lowest BCUT2D eigenvalue weighted by molar-refractivity contribution is 0.311. The summed E-state index contributed by atoms with van der Waals surface area (Å²) < 4.78 is 6.67. The average Bonchev–Trinajstić information content (AvgIpc) is 2.36. The Kier molecular flexibility index (Phi) is 7.62. The van der Waals surface area contributed by atoms with Gasteiger partial charge in [-0.1, -0.05) is 19.9 Å². The Morgan fingerprint density at radius 2 is 2.21 bits per heavy atom. The normalized spacial score (nSPS) is 10.5. The van der Waals surface area contributed by atoms with Crippen molar-refractivity contribution < 1.29 is 4.74 Å². The van der Waals surface area contributed by atoms with Gasteiger partial charge in [-0.25, -0.2) is 0 Å². The van der Waals surface area contributed by atoms with Crippen molar-refractivity contribution in [3.8, 4) is 18.1 Å². The number of hydrogen-bond donors (Lipinski definition) is 1. The van der Waals surface area contributed by atoms with E-state index in [0.29, 0.717) is 12.5 Å². The second-order valence-electron chi connectivity index (χ2n) is 4.95. The molecule has 0 unspecified atom stereocenters. The molecule has 0 aromatic heterocycles. The monoisotopic (exact) mass is 323 g/mol. The van der Waals surface area contributed by atoms with Crippen LogP contribution in [0.25, 0.3) is 0 Å². The van der Waals surface area contributed by atoms with Crippen molar-refractivity contribution >= 4 is 15.9 Å². The second-order valence-corrected chi connectivity index (χ2v) is 5.80. The van der Waals surface area contributed by atoms with Crippen LogP contribution in [0, 0.1) is 18.3 Å². The summed E-state index contributed by atoms with van der Waals surface area (Å²) in [5.74, 6) is 4.16. The van der Waals surface area contributed by atoms with Gasteiger partial charge in [0.15, 0.2) is 0 Å². The summed E-state index contributed by atoms with van der Waals surface area (Å²) in [5, 5.41) is 3.42. The third kappa shape index (κ3) is 6.66. The molecule has 1 N–H and O–H groups in total. The van der Waals surface area contributed by atoms with Gasteiger partial charge in [-0.05, 0) is 52.5 Å². The van der Waals surface area contributed by atoms with Crippen LogP contribution in [0.1, 0.15) is 32.3 Å². The minimum absolute atomic E-state index is 0.660. The van der Waals surface area contributed by atoms with E-state index in [2.05, 4.69) is 53.1 Å². The summed E-state index contributed by atoms with van der Waals surface area (Å²) >= 11 is 3.54. The van der Waals surface area contributed by atoms with Crippen molar-refractivity contribution in [1.29, 1.82) is 0 Å². The lowest BCUT2D eigenvalue weighted by Gasteiger charge is -2.11. The van der Waals surface area contributed by atoms with Crippen molar-refractivity contribution in [2.45, 2.75) is 33.2 Å². The standard InChI is InChI=1S/C16H22BrNO/c1-4-5-6-9-19-16-8-7-14(10-15(16)17)12-18-11-13(2)3/h1,7-8,10,13,18H,5-6,9,11-12H2,2-3H3. The first-order chi connectivity index (χ1) is 9.13. The number of hydrogen-bond acceptors (Lipinski definition) is 2. The highest BCUT2D eigenvalue weighted by atomic mass is 79.9. The smallest absolute Gasteiger partial charge is 0.133 e. The van der Waals surface area contributed by atoms with E-state index in [0.717, 1.165) is 36.2 Å². The molecule has 1 aromatic rings. The van der Waals surface area contributed by atoms with E-state index in [1.54, 1.807) is 0 Å². The minimum atomic E-state index is 0.660. The lowest BCUT2D eigenvalue weighted by Crippen LogP contribution is -2.18. The van der Waals surface area contributed by atoms with Crippen LogP contribution in [0.4, 0.5) is 0 Å². The molecule has 0 amide bonds. The van der Waals surface area contributed by atoms with Gasteiger partial charge in [0, 0.05) is 13.0 Å². The van der Waals surface area contributed by atoms with Crippen molar-refractivity contribution in [3.05, 3.63) is 28.2 Å². The van der Waals surface area contributed by atoms with Gasteiger partial charge in [0.05, 0.1) is 11.1 Å². The Labute approximate surface area is 125 Å². The zero-order valence-corrected chi connectivity index (χ0v) is 13.3. The SMILES string of the molecule is C#CCCCOc1ccc(CNCC(C)C)cc1Br. The van der Waals surface area contributed by atoms with Gasteiger partial charge < -0.3 is 10.1 Å². The van der Waals surface area contributed by atoms with E-state index in [-0.39, 0.29) is 0 Å². The molecule has 0 fully saturated rings. The summed E-state index contributed by atoms with van der Waals surface area (Å²) in [6, 6.07) is 6.20. The molecule has 0 spiro atoms. The van der Waals surface area contributed by atoms with Gasteiger partial charge in [-0.3, -0.25) is 0 Å². The lowest BCUT2D eigenvalue weighted by atomic mass is 10.2. The summed E-state index contributed by atoms with van der Waals surface area (Å²) in [4.78, 5) is 0. The Balaban J connectivity index is 2.43. The van der Waals surface area contributed by atoms with Gasteiger partial charge in [0.25, 0.3) is 0 Å². The highest BCUT2D eigenvalue weighted by Gasteiger charge is 2.03. The van der Waals surface area contributed by atoms with Crippen LogP contribution in [0.3, 0.4) is 0 Å². The van der Waals surface area contributed by atoms with E-state index in [1.807, 2.05) is 6.07 Å². The van der Waals surface area contributed by atoms with Crippen LogP contribution >= 0.6 is 15.9 Å². The van der Waals surface area contributed by atoms with E-state index < -0.39 is 0 Å². The predicted octanol–water partition coefficient (Wildman–Crippen LogP) is 3.99. The van der Waals surface area contributed by atoms with Crippen LogP contribution in [0.15, 0.2) is 22.7 Å². The first-order valence-electron chi connectivity index (χ1n) is 6.69. The van der Waals surface area contributed by atoms with Gasteiger partial charge in [0.1, 0.15) is 5.75 Å².